The first-order valence-electron chi connectivity index (χ1n) is 9.45. The summed E-state index contributed by atoms with van der Waals surface area (Å²) >= 11 is 3.04. The number of aromatic nitrogens is 2. The van der Waals surface area contributed by atoms with Crippen LogP contribution >= 0.6 is 23.1 Å². The fourth-order valence-corrected chi connectivity index (χ4v) is 5.80. The zero-order valence-electron chi connectivity index (χ0n) is 15.9. The molecule has 5 nitrogen and oxygen atoms in total. The third kappa shape index (κ3) is 3.69. The van der Waals surface area contributed by atoms with Gasteiger partial charge in [0.05, 0.1) is 10.6 Å². The van der Waals surface area contributed by atoms with Gasteiger partial charge < -0.3 is 5.32 Å². The molecule has 26 heavy (non-hydrogen) atoms. The molecule has 1 aliphatic rings. The Hall–Kier alpha value is -1.34. The van der Waals surface area contributed by atoms with E-state index >= 15 is 0 Å². The molecule has 3 rings (SSSR count). The summed E-state index contributed by atoms with van der Waals surface area (Å²) in [5.41, 5.74) is 1.27. The Morgan fingerprint density at radius 2 is 2.23 bits per heavy atom. The number of hydrogen-bond acceptors (Lipinski definition) is 5. The van der Waals surface area contributed by atoms with E-state index in [1.165, 1.54) is 22.2 Å². The van der Waals surface area contributed by atoms with E-state index in [-0.39, 0.29) is 16.7 Å². The van der Waals surface area contributed by atoms with E-state index in [2.05, 4.69) is 12.2 Å². The van der Waals surface area contributed by atoms with Crippen LogP contribution < -0.4 is 10.9 Å². The van der Waals surface area contributed by atoms with Gasteiger partial charge in [0, 0.05) is 18.0 Å². The maximum atomic E-state index is 13.1. The molecule has 2 heterocycles. The first-order valence-corrected chi connectivity index (χ1v) is 11.1. The number of carbonyl (C=O) groups is 1. The second-order valence-electron chi connectivity index (χ2n) is 7.03. The molecule has 7 heteroatoms. The number of thioether (sulfide) groups is 1. The smallest absolute Gasteiger partial charge is 0.263 e. The minimum Gasteiger partial charge on any atom is -0.355 e. The second-order valence-corrected chi connectivity index (χ2v) is 9.42. The van der Waals surface area contributed by atoms with E-state index in [0.717, 1.165) is 35.9 Å². The zero-order valence-corrected chi connectivity index (χ0v) is 17.6. The van der Waals surface area contributed by atoms with Crippen molar-refractivity contribution in [2.24, 2.45) is 5.92 Å². The molecule has 0 saturated heterocycles. The van der Waals surface area contributed by atoms with Gasteiger partial charge >= 0.3 is 0 Å². The summed E-state index contributed by atoms with van der Waals surface area (Å²) in [7, 11) is 0. The van der Waals surface area contributed by atoms with E-state index in [9.17, 15) is 9.59 Å². The average molecular weight is 394 g/mol. The van der Waals surface area contributed by atoms with Crippen LogP contribution in [-0.2, 0) is 24.2 Å². The number of amides is 1. The minimum absolute atomic E-state index is 0.00634. The topological polar surface area (TPSA) is 64.0 Å². The summed E-state index contributed by atoms with van der Waals surface area (Å²) in [5, 5.41) is 4.09. The lowest BCUT2D eigenvalue weighted by Gasteiger charge is -2.18. The molecule has 0 radical (unpaired) electrons. The summed E-state index contributed by atoms with van der Waals surface area (Å²) in [6.07, 6.45) is 4.06. The summed E-state index contributed by atoms with van der Waals surface area (Å²) < 4.78 is 1.72. The molecule has 2 aromatic rings. The molecule has 2 atom stereocenters. The lowest BCUT2D eigenvalue weighted by Crippen LogP contribution is -2.32. The summed E-state index contributed by atoms with van der Waals surface area (Å²) in [5.74, 6) is 0.660. The van der Waals surface area contributed by atoms with Crippen molar-refractivity contribution in [1.29, 1.82) is 0 Å². The van der Waals surface area contributed by atoms with Crippen LogP contribution in [0.25, 0.3) is 10.2 Å². The minimum atomic E-state index is -0.279. The van der Waals surface area contributed by atoms with Crippen LogP contribution in [0.2, 0.25) is 0 Å². The van der Waals surface area contributed by atoms with Gasteiger partial charge in [-0.1, -0.05) is 25.6 Å². The van der Waals surface area contributed by atoms with Gasteiger partial charge in [-0.15, -0.1) is 11.3 Å². The second kappa shape index (κ2) is 8.13. The SMILES string of the molecule is CCCNC(=O)[C@@H](C)Sc1nc2sc3c(c2c(=O)n1CC)CC[C@@H](C)C3. The number of thiophene rings is 1. The van der Waals surface area contributed by atoms with Crippen molar-refractivity contribution in [2.75, 3.05) is 6.54 Å². The van der Waals surface area contributed by atoms with Crippen LogP contribution in [0.1, 0.15) is 51.0 Å². The van der Waals surface area contributed by atoms with E-state index in [0.29, 0.717) is 24.2 Å². The number of nitrogens with zero attached hydrogens (tertiary/aromatic N) is 2. The maximum absolute atomic E-state index is 13.1. The maximum Gasteiger partial charge on any atom is 0.263 e. The first-order chi connectivity index (χ1) is 12.5. The predicted molar refractivity (Wildman–Crippen MR) is 109 cm³/mol. The molecular weight excluding hydrogens is 366 g/mol. The Kier molecular flexibility index (Phi) is 6.07. The molecule has 0 unspecified atom stereocenters. The van der Waals surface area contributed by atoms with Gasteiger partial charge in [0.1, 0.15) is 4.83 Å². The van der Waals surface area contributed by atoms with E-state index in [1.54, 1.807) is 15.9 Å². The van der Waals surface area contributed by atoms with E-state index in [4.69, 9.17) is 4.98 Å². The molecule has 0 spiro atoms. The molecule has 0 bridgehead atoms. The van der Waals surface area contributed by atoms with Crippen molar-refractivity contribution < 1.29 is 4.79 Å². The largest absolute Gasteiger partial charge is 0.355 e. The van der Waals surface area contributed by atoms with Crippen LogP contribution in [0, 0.1) is 5.92 Å². The summed E-state index contributed by atoms with van der Waals surface area (Å²) in [6, 6.07) is 0. The molecule has 2 aromatic heterocycles. The highest BCUT2D eigenvalue weighted by atomic mass is 32.2. The van der Waals surface area contributed by atoms with Gasteiger partial charge in [-0.2, -0.15) is 0 Å². The standard InChI is InChI=1S/C19H27N3O2S2/c1-5-9-20-16(23)12(4)25-19-21-17-15(18(24)22(19)6-2)13-8-7-11(3)10-14(13)26-17/h11-12H,5-10H2,1-4H3,(H,20,23)/t11-,12-/m1/s1. The van der Waals surface area contributed by atoms with Crippen molar-refractivity contribution >= 4 is 39.2 Å². The molecule has 1 N–H and O–H groups in total. The van der Waals surface area contributed by atoms with Crippen molar-refractivity contribution in [3.63, 3.8) is 0 Å². The Labute approximate surface area is 162 Å². The molecule has 0 saturated carbocycles. The Balaban J connectivity index is 1.98. The molecule has 0 aliphatic heterocycles. The van der Waals surface area contributed by atoms with Crippen LogP contribution in [0.3, 0.4) is 0 Å². The Bertz CT molecular complexity index is 872. The number of aryl methyl sites for hydroxylation is 1. The Morgan fingerprint density at radius 1 is 1.46 bits per heavy atom. The quantitative estimate of drug-likeness (QED) is 0.601. The molecule has 142 valence electrons. The number of carbonyl (C=O) groups excluding carboxylic acids is 1. The fourth-order valence-electron chi connectivity index (χ4n) is 3.38. The predicted octanol–water partition coefficient (Wildman–Crippen LogP) is 3.61. The third-order valence-corrected chi connectivity index (χ3v) is 7.14. The van der Waals surface area contributed by atoms with Gasteiger partial charge in [0.15, 0.2) is 5.16 Å². The van der Waals surface area contributed by atoms with Gasteiger partial charge in [-0.25, -0.2) is 4.98 Å². The highest BCUT2D eigenvalue weighted by Gasteiger charge is 2.25. The number of nitrogens with one attached hydrogen (secondary N) is 1. The summed E-state index contributed by atoms with van der Waals surface area (Å²) in [6.45, 7) is 9.36. The molecule has 0 fully saturated rings. The van der Waals surface area contributed by atoms with Gasteiger partial charge in [0.2, 0.25) is 5.91 Å². The molecular formula is C19H27N3O2S2. The number of hydrogen-bond donors (Lipinski definition) is 1. The van der Waals surface area contributed by atoms with Crippen molar-refractivity contribution in [3.8, 4) is 0 Å². The third-order valence-electron chi connectivity index (χ3n) is 4.90. The fraction of sp³-hybridized carbons (Fsp3) is 0.632. The zero-order chi connectivity index (χ0) is 18.8. The van der Waals surface area contributed by atoms with Crippen LogP contribution in [-0.4, -0.2) is 27.3 Å². The van der Waals surface area contributed by atoms with Crippen LogP contribution in [0.15, 0.2) is 9.95 Å². The molecule has 1 amide bonds. The van der Waals surface area contributed by atoms with E-state index in [1.807, 2.05) is 20.8 Å². The van der Waals surface area contributed by atoms with E-state index < -0.39 is 0 Å². The monoisotopic (exact) mass is 393 g/mol. The number of fused-ring (bicyclic) bond motifs is 3. The van der Waals surface area contributed by atoms with Crippen molar-refractivity contribution in [3.05, 3.63) is 20.8 Å². The first kappa shape index (κ1) is 19.4. The lowest BCUT2D eigenvalue weighted by atomic mass is 9.89. The highest BCUT2D eigenvalue weighted by Crippen LogP contribution is 2.36. The Morgan fingerprint density at radius 3 is 2.92 bits per heavy atom. The van der Waals surface area contributed by atoms with Crippen LogP contribution in [0.5, 0.6) is 0 Å². The average Bonchev–Trinajstić information content (AvgIpc) is 2.97. The van der Waals surface area contributed by atoms with Gasteiger partial charge in [0.25, 0.3) is 5.56 Å². The number of rotatable bonds is 6. The van der Waals surface area contributed by atoms with Crippen molar-refractivity contribution in [1.82, 2.24) is 14.9 Å². The highest BCUT2D eigenvalue weighted by molar-refractivity contribution is 8.00. The van der Waals surface area contributed by atoms with Gasteiger partial charge in [-0.05, 0) is 51.0 Å². The van der Waals surface area contributed by atoms with Gasteiger partial charge in [-0.3, -0.25) is 14.2 Å². The van der Waals surface area contributed by atoms with Crippen molar-refractivity contribution in [2.45, 2.75) is 70.3 Å². The normalized spacial score (nSPS) is 17.9. The summed E-state index contributed by atoms with van der Waals surface area (Å²) in [4.78, 5) is 32.3. The van der Waals surface area contributed by atoms with Crippen LogP contribution in [0.4, 0.5) is 0 Å². The molecule has 1 aliphatic carbocycles. The lowest BCUT2D eigenvalue weighted by molar-refractivity contribution is -0.120. The molecule has 0 aromatic carbocycles.